The van der Waals surface area contributed by atoms with Crippen molar-refractivity contribution in [3.63, 3.8) is 0 Å². The van der Waals surface area contributed by atoms with E-state index in [9.17, 15) is 0 Å². The molecule has 0 amide bonds. The van der Waals surface area contributed by atoms with E-state index in [4.69, 9.17) is 8.83 Å². The van der Waals surface area contributed by atoms with Crippen LogP contribution in [0.3, 0.4) is 0 Å². The lowest BCUT2D eigenvalue weighted by Gasteiger charge is -2.31. The van der Waals surface area contributed by atoms with Crippen LogP contribution >= 0.6 is 0 Å². The fourth-order valence-corrected chi connectivity index (χ4v) is 8.63. The lowest BCUT2D eigenvalue weighted by molar-refractivity contribution is 0.628. The number of nitrogens with zero attached hydrogens (tertiary/aromatic N) is 1. The van der Waals surface area contributed by atoms with Crippen LogP contribution in [-0.2, 0) is 5.41 Å². The number of fused-ring (bicyclic) bond motifs is 15. The molecule has 2 aromatic heterocycles. The van der Waals surface area contributed by atoms with Gasteiger partial charge in [0.05, 0.1) is 11.1 Å². The van der Waals surface area contributed by atoms with Gasteiger partial charge in [-0.2, -0.15) is 0 Å². The fourth-order valence-electron chi connectivity index (χ4n) is 8.63. The van der Waals surface area contributed by atoms with Crippen molar-refractivity contribution in [2.75, 3.05) is 4.90 Å². The summed E-state index contributed by atoms with van der Waals surface area (Å²) in [5, 5.41) is 3.38. The van der Waals surface area contributed by atoms with Crippen LogP contribution in [0.1, 0.15) is 22.3 Å². The van der Waals surface area contributed by atoms with Crippen LogP contribution < -0.4 is 4.90 Å². The highest BCUT2D eigenvalue weighted by atomic mass is 16.3. The van der Waals surface area contributed by atoms with Gasteiger partial charge in [0.25, 0.3) is 0 Å². The molecule has 3 heteroatoms. The molecule has 0 bridgehead atoms. The summed E-state index contributed by atoms with van der Waals surface area (Å²) >= 11 is 0. The summed E-state index contributed by atoms with van der Waals surface area (Å²) in [6.07, 6.45) is 0. The number of furan rings is 2. The molecule has 0 aliphatic heterocycles. The van der Waals surface area contributed by atoms with Crippen molar-refractivity contribution < 1.29 is 8.83 Å². The molecule has 0 radical (unpaired) electrons. The van der Waals surface area contributed by atoms with Crippen LogP contribution in [0, 0.1) is 0 Å². The number of hydrogen-bond acceptors (Lipinski definition) is 3. The van der Waals surface area contributed by atoms with Gasteiger partial charge in [-0.25, -0.2) is 0 Å². The van der Waals surface area contributed by atoms with Crippen molar-refractivity contribution in [3.8, 4) is 22.5 Å². The maximum absolute atomic E-state index is 6.72. The van der Waals surface area contributed by atoms with Crippen LogP contribution in [0.2, 0.25) is 0 Å². The van der Waals surface area contributed by atoms with Gasteiger partial charge in [-0.05, 0) is 70.3 Å². The predicted molar refractivity (Wildman–Crippen MR) is 194 cm³/mol. The van der Waals surface area contributed by atoms with Crippen molar-refractivity contribution in [2.45, 2.75) is 5.41 Å². The third-order valence-electron chi connectivity index (χ3n) is 10.5. The average Bonchev–Trinajstić information content (AvgIpc) is 3.87. The lowest BCUT2D eigenvalue weighted by atomic mass is 9.70. The molecule has 2 aliphatic carbocycles. The highest BCUT2D eigenvalue weighted by Gasteiger charge is 2.54. The zero-order valence-corrected chi connectivity index (χ0v) is 25.9. The first kappa shape index (κ1) is 25.8. The quantitative estimate of drug-likeness (QED) is 0.199. The van der Waals surface area contributed by atoms with Crippen molar-refractivity contribution in [3.05, 3.63) is 186 Å². The molecule has 1 unspecified atom stereocenters. The first-order valence-corrected chi connectivity index (χ1v) is 16.4. The topological polar surface area (TPSA) is 29.5 Å². The highest BCUT2D eigenvalue weighted by Crippen LogP contribution is 2.65. The SMILES string of the molecule is c1ccc(N(c2ccc3c(c2)C2(c4ccccc4-3)c3ccccc3-c3oc4ccccc4c32)c2cccc3c2oc2ccccc23)cc1. The summed E-state index contributed by atoms with van der Waals surface area (Å²) in [6.45, 7) is 0. The number of benzene rings is 7. The smallest absolute Gasteiger partial charge is 0.159 e. The van der Waals surface area contributed by atoms with Gasteiger partial charge < -0.3 is 13.7 Å². The van der Waals surface area contributed by atoms with Crippen LogP contribution in [0.5, 0.6) is 0 Å². The Morgan fingerprint density at radius 3 is 1.88 bits per heavy atom. The Kier molecular flexibility index (Phi) is 5.04. The largest absolute Gasteiger partial charge is 0.456 e. The third kappa shape index (κ3) is 3.18. The Balaban J connectivity index is 1.24. The van der Waals surface area contributed by atoms with Gasteiger partial charge in [-0.3, -0.25) is 0 Å². The van der Waals surface area contributed by atoms with E-state index < -0.39 is 5.41 Å². The summed E-state index contributed by atoms with van der Waals surface area (Å²) in [5.41, 5.74) is 14.0. The monoisotopic (exact) mass is 613 g/mol. The molecule has 0 saturated carbocycles. The minimum Gasteiger partial charge on any atom is -0.456 e. The van der Waals surface area contributed by atoms with E-state index in [0.717, 1.165) is 61.3 Å². The molecule has 224 valence electrons. The van der Waals surface area contributed by atoms with Crippen molar-refractivity contribution in [2.24, 2.45) is 0 Å². The van der Waals surface area contributed by atoms with Gasteiger partial charge in [-0.1, -0.05) is 121 Å². The maximum Gasteiger partial charge on any atom is 0.159 e. The maximum atomic E-state index is 6.72. The molecule has 0 saturated heterocycles. The molecule has 9 aromatic rings. The zero-order valence-electron chi connectivity index (χ0n) is 25.9. The second-order valence-corrected chi connectivity index (χ2v) is 12.8. The molecule has 2 aliphatic rings. The first-order valence-electron chi connectivity index (χ1n) is 16.4. The summed E-state index contributed by atoms with van der Waals surface area (Å²) in [7, 11) is 0. The van der Waals surface area contributed by atoms with E-state index >= 15 is 0 Å². The molecule has 2 heterocycles. The van der Waals surface area contributed by atoms with Gasteiger partial charge in [0.2, 0.25) is 0 Å². The standard InChI is InChI=1S/C45H27NO2/c1-2-13-28(14-3-1)46(39-22-12-19-33-32-16-6-10-23-40(32)47-43(33)39)29-25-26-31-30-15-4-8-20-36(30)45(38(31)27-29)37-21-9-5-17-34(37)44-42(45)35-18-7-11-24-41(35)48-44/h1-27H. The van der Waals surface area contributed by atoms with Crippen LogP contribution in [0.4, 0.5) is 17.1 Å². The Morgan fingerprint density at radius 2 is 1.04 bits per heavy atom. The molecule has 0 N–H and O–H groups in total. The minimum absolute atomic E-state index is 0.534. The molecule has 48 heavy (non-hydrogen) atoms. The molecular formula is C45H27NO2. The summed E-state index contributed by atoms with van der Waals surface area (Å²) in [5.74, 6) is 0.965. The van der Waals surface area contributed by atoms with E-state index in [1.54, 1.807) is 0 Å². The van der Waals surface area contributed by atoms with E-state index in [1.807, 2.05) is 12.1 Å². The van der Waals surface area contributed by atoms with Gasteiger partial charge in [0.1, 0.15) is 16.9 Å². The van der Waals surface area contributed by atoms with E-state index in [2.05, 4.69) is 157 Å². The summed E-state index contributed by atoms with van der Waals surface area (Å²) < 4.78 is 13.3. The Hall–Kier alpha value is -6.32. The third-order valence-corrected chi connectivity index (χ3v) is 10.5. The summed E-state index contributed by atoms with van der Waals surface area (Å²) in [6, 6.07) is 58.6. The van der Waals surface area contributed by atoms with E-state index in [0.29, 0.717) is 0 Å². The number of para-hydroxylation sites is 4. The van der Waals surface area contributed by atoms with Gasteiger partial charge in [-0.15, -0.1) is 0 Å². The Bertz CT molecular complexity index is 2750. The number of rotatable bonds is 3. The van der Waals surface area contributed by atoms with Crippen LogP contribution in [0.15, 0.2) is 173 Å². The minimum atomic E-state index is -0.534. The Labute approximate surface area is 276 Å². The second-order valence-electron chi connectivity index (χ2n) is 12.8. The molecule has 11 rings (SSSR count). The van der Waals surface area contributed by atoms with E-state index in [1.165, 1.54) is 33.4 Å². The molecule has 1 spiro atoms. The van der Waals surface area contributed by atoms with Crippen molar-refractivity contribution in [1.29, 1.82) is 0 Å². The second kappa shape index (κ2) is 9.37. The molecule has 3 nitrogen and oxygen atoms in total. The van der Waals surface area contributed by atoms with Crippen LogP contribution in [-0.4, -0.2) is 0 Å². The van der Waals surface area contributed by atoms with Gasteiger partial charge in [0.15, 0.2) is 5.58 Å². The first-order chi connectivity index (χ1) is 23.8. The molecule has 7 aromatic carbocycles. The molecule has 0 fully saturated rings. The van der Waals surface area contributed by atoms with Crippen molar-refractivity contribution >= 4 is 50.0 Å². The fraction of sp³-hybridized carbons (Fsp3) is 0.0222. The van der Waals surface area contributed by atoms with Crippen molar-refractivity contribution in [1.82, 2.24) is 0 Å². The molecule has 1 atom stereocenters. The van der Waals surface area contributed by atoms with Crippen LogP contribution in [0.25, 0.3) is 55.4 Å². The normalized spacial score (nSPS) is 15.6. The van der Waals surface area contributed by atoms with Gasteiger partial charge >= 0.3 is 0 Å². The highest BCUT2D eigenvalue weighted by molar-refractivity contribution is 6.10. The predicted octanol–water partition coefficient (Wildman–Crippen LogP) is 12.1. The number of anilines is 3. The average molecular weight is 614 g/mol. The summed E-state index contributed by atoms with van der Waals surface area (Å²) in [4.78, 5) is 2.34. The Morgan fingerprint density at radius 1 is 0.417 bits per heavy atom. The van der Waals surface area contributed by atoms with E-state index in [-0.39, 0.29) is 0 Å². The zero-order chi connectivity index (χ0) is 31.4. The lowest BCUT2D eigenvalue weighted by Crippen LogP contribution is -2.26. The van der Waals surface area contributed by atoms with Gasteiger partial charge in [0, 0.05) is 38.7 Å². The number of hydrogen-bond donors (Lipinski definition) is 0. The molecular weight excluding hydrogens is 587 g/mol.